The number of ether oxygens (including phenoxy) is 1. The third-order valence-corrected chi connectivity index (χ3v) is 6.00. The molecule has 0 spiro atoms. The van der Waals surface area contributed by atoms with Crippen LogP contribution in [-0.2, 0) is 4.74 Å². The molecule has 0 amide bonds. The van der Waals surface area contributed by atoms with E-state index in [1.165, 1.54) is 31.2 Å². The maximum atomic E-state index is 6.45. The van der Waals surface area contributed by atoms with Crippen molar-refractivity contribution >= 4 is 0 Å². The number of fused-ring (bicyclic) bond motifs is 2. The first-order valence-corrected chi connectivity index (χ1v) is 9.31. The van der Waals surface area contributed by atoms with E-state index in [2.05, 4.69) is 41.6 Å². The van der Waals surface area contributed by atoms with Gasteiger partial charge in [0.2, 0.25) is 0 Å². The predicted octanol–water partition coefficient (Wildman–Crippen LogP) is 2.87. The van der Waals surface area contributed by atoms with Crippen LogP contribution < -0.4 is 10.6 Å². The first kappa shape index (κ1) is 15.6. The maximum Gasteiger partial charge on any atom is 0.0805 e. The van der Waals surface area contributed by atoms with E-state index in [1.807, 2.05) is 6.20 Å². The number of nitrogens with zero attached hydrogens (tertiary/aromatic N) is 1. The van der Waals surface area contributed by atoms with Crippen LogP contribution >= 0.6 is 0 Å². The molecule has 4 rings (SSSR count). The fraction of sp³-hybridized carbons (Fsp3) is 0.737. The summed E-state index contributed by atoms with van der Waals surface area (Å²) in [6.45, 7) is 6.35. The van der Waals surface area contributed by atoms with Crippen LogP contribution in [0.25, 0.3) is 0 Å². The second-order valence-electron chi connectivity index (χ2n) is 7.50. The smallest absolute Gasteiger partial charge is 0.0805 e. The lowest BCUT2D eigenvalue weighted by molar-refractivity contribution is 0.0827. The number of rotatable bonds is 6. The zero-order chi connectivity index (χ0) is 15.8. The van der Waals surface area contributed by atoms with Gasteiger partial charge in [-0.2, -0.15) is 0 Å². The Morgan fingerprint density at radius 2 is 2.26 bits per heavy atom. The van der Waals surface area contributed by atoms with Gasteiger partial charge in [0.25, 0.3) is 0 Å². The Hall–Kier alpha value is -0.970. The summed E-state index contributed by atoms with van der Waals surface area (Å²) in [5.41, 5.74) is 2.52. The fourth-order valence-corrected chi connectivity index (χ4v) is 4.64. The van der Waals surface area contributed by atoms with Crippen molar-refractivity contribution in [1.82, 2.24) is 15.6 Å². The second-order valence-corrected chi connectivity index (χ2v) is 7.50. The lowest BCUT2D eigenvalue weighted by Gasteiger charge is -2.37. The summed E-state index contributed by atoms with van der Waals surface area (Å²) >= 11 is 0. The van der Waals surface area contributed by atoms with Crippen LogP contribution in [0.3, 0.4) is 0 Å². The minimum Gasteiger partial charge on any atom is -0.372 e. The number of aryl methyl sites for hydroxylation is 1. The molecule has 2 bridgehead atoms. The van der Waals surface area contributed by atoms with E-state index in [4.69, 9.17) is 4.74 Å². The van der Waals surface area contributed by atoms with Crippen LogP contribution in [-0.4, -0.2) is 42.4 Å². The summed E-state index contributed by atoms with van der Waals surface area (Å²) in [4.78, 5) is 4.38. The number of aromatic nitrogens is 1. The molecule has 1 aliphatic carbocycles. The molecule has 2 saturated heterocycles. The van der Waals surface area contributed by atoms with Crippen LogP contribution in [0.2, 0.25) is 0 Å². The number of hydrogen-bond acceptors (Lipinski definition) is 4. The molecule has 2 N–H and O–H groups in total. The van der Waals surface area contributed by atoms with Gasteiger partial charge >= 0.3 is 0 Å². The Morgan fingerprint density at radius 3 is 2.96 bits per heavy atom. The molecule has 130 valence electrons. The molecule has 1 aromatic heterocycles. The second kappa shape index (κ2) is 6.50. The number of pyridine rings is 1. The summed E-state index contributed by atoms with van der Waals surface area (Å²) in [6.07, 6.45) is 7.92. The molecule has 4 heteroatoms. The predicted molar refractivity (Wildman–Crippen MR) is 95.8 cm³/mol. The molecule has 2 aliphatic heterocycles. The van der Waals surface area contributed by atoms with Crippen LogP contribution in [0.1, 0.15) is 52.6 Å². The average Bonchev–Trinajstić information content (AvgIpc) is 3.06. The summed E-state index contributed by atoms with van der Waals surface area (Å²) < 4.78 is 6.45. The van der Waals surface area contributed by atoms with Crippen LogP contribution in [0.5, 0.6) is 0 Å². The van der Waals surface area contributed by atoms with Crippen molar-refractivity contribution < 1.29 is 7.59 Å². The largest absolute Gasteiger partial charge is 0.372 e. The van der Waals surface area contributed by atoms with Crippen molar-refractivity contribution in [2.24, 2.45) is 5.92 Å². The lowest BCUT2D eigenvalue weighted by atomic mass is 9.73. The van der Waals surface area contributed by atoms with E-state index >= 15 is 0 Å². The third-order valence-electron chi connectivity index (χ3n) is 6.00. The number of nitrogens with one attached hydrogen (secondary N) is 2. The van der Waals surface area contributed by atoms with Gasteiger partial charge in [-0.25, -0.2) is 0 Å². The molecule has 3 heterocycles. The minimum atomic E-state index is 0. The van der Waals surface area contributed by atoms with Gasteiger partial charge in [-0.1, -0.05) is 13.3 Å². The standard InChI is InChI=1S/C19H29N3O.2H2/c1-3-20-11-15-17-10-16(22-14-5-4-6-14)19(23-17)18(15)13-7-8-21-12(2)9-13;;/h7-9,14-20,22H,3-6,10-11H2,1-2H3;2*1H/t15?,16-,17-,18-,19+;;/m1../s1. The van der Waals surface area contributed by atoms with Crippen LogP contribution in [0, 0.1) is 12.8 Å². The van der Waals surface area contributed by atoms with E-state index in [0.717, 1.165) is 24.8 Å². The van der Waals surface area contributed by atoms with Gasteiger partial charge in [0.15, 0.2) is 0 Å². The molecule has 0 aromatic carbocycles. The highest BCUT2D eigenvalue weighted by molar-refractivity contribution is 5.27. The van der Waals surface area contributed by atoms with E-state index < -0.39 is 0 Å². The Balaban J connectivity index is 0.00000113. The van der Waals surface area contributed by atoms with Crippen molar-refractivity contribution in [3.05, 3.63) is 29.6 Å². The summed E-state index contributed by atoms with van der Waals surface area (Å²) in [7, 11) is 0. The van der Waals surface area contributed by atoms with Gasteiger partial charge in [-0.05, 0) is 50.4 Å². The molecular weight excluding hydrogens is 286 g/mol. The Bertz CT molecular complexity index is 555. The molecule has 3 fully saturated rings. The molecule has 1 unspecified atom stereocenters. The quantitative estimate of drug-likeness (QED) is 0.846. The molecule has 23 heavy (non-hydrogen) atoms. The van der Waals surface area contributed by atoms with Crippen LogP contribution in [0.15, 0.2) is 18.3 Å². The first-order valence-electron chi connectivity index (χ1n) is 9.31. The Kier molecular flexibility index (Phi) is 4.39. The first-order chi connectivity index (χ1) is 11.3. The maximum absolute atomic E-state index is 6.45. The van der Waals surface area contributed by atoms with Gasteiger partial charge in [0.1, 0.15) is 0 Å². The van der Waals surface area contributed by atoms with Crippen LogP contribution in [0.4, 0.5) is 0 Å². The lowest BCUT2D eigenvalue weighted by Crippen LogP contribution is -2.51. The Morgan fingerprint density at radius 1 is 1.39 bits per heavy atom. The monoisotopic (exact) mass is 319 g/mol. The van der Waals surface area contributed by atoms with Crippen molar-refractivity contribution in [2.45, 2.75) is 69.7 Å². The van der Waals surface area contributed by atoms with Gasteiger partial charge in [0.05, 0.1) is 12.2 Å². The zero-order valence-corrected chi connectivity index (χ0v) is 14.3. The highest BCUT2D eigenvalue weighted by Crippen LogP contribution is 2.49. The average molecular weight is 319 g/mol. The third kappa shape index (κ3) is 2.92. The topological polar surface area (TPSA) is 46.2 Å². The molecule has 1 saturated carbocycles. The zero-order valence-electron chi connectivity index (χ0n) is 14.3. The highest BCUT2D eigenvalue weighted by Gasteiger charge is 2.54. The molecule has 3 aliphatic rings. The van der Waals surface area contributed by atoms with E-state index in [1.54, 1.807) is 0 Å². The fourth-order valence-electron chi connectivity index (χ4n) is 4.64. The summed E-state index contributed by atoms with van der Waals surface area (Å²) in [5, 5.41) is 7.43. The van der Waals surface area contributed by atoms with Gasteiger partial charge in [-0.3, -0.25) is 4.98 Å². The molecular formula is C19H33N3O. The summed E-state index contributed by atoms with van der Waals surface area (Å²) in [5.74, 6) is 1.08. The normalized spacial score (nSPS) is 36.3. The minimum absolute atomic E-state index is 0. The molecule has 4 nitrogen and oxygen atoms in total. The molecule has 5 atom stereocenters. The Labute approximate surface area is 142 Å². The van der Waals surface area contributed by atoms with Crippen molar-refractivity contribution in [3.63, 3.8) is 0 Å². The summed E-state index contributed by atoms with van der Waals surface area (Å²) in [6, 6.07) is 5.71. The number of hydrogen-bond donors (Lipinski definition) is 2. The van der Waals surface area contributed by atoms with E-state index in [-0.39, 0.29) is 2.85 Å². The van der Waals surface area contributed by atoms with Crippen molar-refractivity contribution in [2.75, 3.05) is 13.1 Å². The SMILES string of the molecule is CCNCC1[C@@H](c2ccnc(C)c2)[C@H]2O[C@@H]1C[C@H]2NC1CCC1.[HH].[HH]. The van der Waals surface area contributed by atoms with Gasteiger partial charge in [-0.15, -0.1) is 0 Å². The van der Waals surface area contributed by atoms with E-state index in [9.17, 15) is 0 Å². The molecule has 0 radical (unpaired) electrons. The van der Waals surface area contributed by atoms with Gasteiger partial charge < -0.3 is 15.4 Å². The van der Waals surface area contributed by atoms with Gasteiger partial charge in [0, 0.05) is 45.2 Å². The van der Waals surface area contributed by atoms with Crippen molar-refractivity contribution in [3.8, 4) is 0 Å². The highest BCUT2D eigenvalue weighted by atomic mass is 16.5. The van der Waals surface area contributed by atoms with Crippen molar-refractivity contribution in [1.29, 1.82) is 0 Å². The van der Waals surface area contributed by atoms with E-state index in [0.29, 0.717) is 30.1 Å². The molecule has 1 aromatic rings.